The second kappa shape index (κ2) is 9.36. The number of benzene rings is 1. The predicted octanol–water partition coefficient (Wildman–Crippen LogP) is 3.26. The van der Waals surface area contributed by atoms with Crippen LogP contribution in [0.15, 0.2) is 18.2 Å². The van der Waals surface area contributed by atoms with Crippen LogP contribution >= 0.6 is 12.4 Å². The van der Waals surface area contributed by atoms with E-state index in [0.717, 1.165) is 38.5 Å². The summed E-state index contributed by atoms with van der Waals surface area (Å²) in [5.74, 6) is -0.396. The van der Waals surface area contributed by atoms with Crippen LogP contribution in [0.25, 0.3) is 0 Å². The van der Waals surface area contributed by atoms with E-state index in [4.69, 9.17) is 15.2 Å². The van der Waals surface area contributed by atoms with Crippen LogP contribution in [0.4, 0.5) is 10.1 Å². The normalized spacial score (nSPS) is 19.9. The second-order valence-electron chi connectivity index (χ2n) is 6.63. The average Bonchev–Trinajstić information content (AvgIpc) is 3.10. The van der Waals surface area contributed by atoms with Crippen LogP contribution in [0.2, 0.25) is 0 Å². The largest absolute Gasteiger partial charge is 0.487 e. The summed E-state index contributed by atoms with van der Waals surface area (Å²) in [4.78, 5) is 12.3. The summed E-state index contributed by atoms with van der Waals surface area (Å²) >= 11 is 0. The third kappa shape index (κ3) is 5.30. The molecule has 3 rings (SSSR count). The number of hydrogen-bond acceptors (Lipinski definition) is 4. The van der Waals surface area contributed by atoms with Gasteiger partial charge in [0.15, 0.2) is 11.6 Å². The molecule has 2 aliphatic rings. The lowest BCUT2D eigenvalue weighted by Crippen LogP contribution is -2.44. The molecule has 1 amide bonds. The van der Waals surface area contributed by atoms with E-state index in [1.807, 2.05) is 0 Å². The molecular weight excluding hydrogens is 347 g/mol. The molecule has 1 aliphatic carbocycles. The highest BCUT2D eigenvalue weighted by atomic mass is 35.5. The van der Waals surface area contributed by atoms with Gasteiger partial charge in [-0.3, -0.25) is 4.79 Å². The highest BCUT2D eigenvalue weighted by Gasteiger charge is 2.27. The number of hydrogen-bond donors (Lipinski definition) is 2. The van der Waals surface area contributed by atoms with Gasteiger partial charge in [-0.05, 0) is 56.6 Å². The van der Waals surface area contributed by atoms with Crippen molar-refractivity contribution in [2.75, 3.05) is 18.5 Å². The van der Waals surface area contributed by atoms with Crippen molar-refractivity contribution in [2.24, 2.45) is 11.7 Å². The lowest BCUT2D eigenvalue weighted by Gasteiger charge is -2.26. The van der Waals surface area contributed by atoms with Crippen molar-refractivity contribution in [1.82, 2.24) is 0 Å². The number of amides is 1. The van der Waals surface area contributed by atoms with Gasteiger partial charge in [0.1, 0.15) is 0 Å². The topological polar surface area (TPSA) is 73.6 Å². The van der Waals surface area contributed by atoms with Gasteiger partial charge in [-0.15, -0.1) is 12.4 Å². The number of anilines is 1. The zero-order chi connectivity index (χ0) is 16.9. The molecule has 7 heteroatoms. The average molecular weight is 373 g/mol. The van der Waals surface area contributed by atoms with Crippen LogP contribution in [0, 0.1) is 11.7 Å². The Morgan fingerprint density at radius 1 is 1.24 bits per heavy atom. The molecular formula is C18H26ClFN2O3. The first-order valence-electron chi connectivity index (χ1n) is 8.74. The summed E-state index contributed by atoms with van der Waals surface area (Å²) in [7, 11) is 0. The Morgan fingerprint density at radius 2 is 1.92 bits per heavy atom. The molecule has 3 N–H and O–H groups in total. The van der Waals surface area contributed by atoms with Crippen molar-refractivity contribution < 1.29 is 18.7 Å². The Balaban J connectivity index is 0.00000225. The van der Waals surface area contributed by atoms with E-state index in [1.165, 1.54) is 6.07 Å². The molecule has 1 aromatic rings. The van der Waals surface area contributed by atoms with E-state index in [9.17, 15) is 9.18 Å². The van der Waals surface area contributed by atoms with Crippen LogP contribution in [0.1, 0.15) is 38.5 Å². The van der Waals surface area contributed by atoms with Gasteiger partial charge in [0.25, 0.3) is 0 Å². The highest BCUT2D eigenvalue weighted by molar-refractivity contribution is 5.94. The van der Waals surface area contributed by atoms with E-state index in [0.29, 0.717) is 18.9 Å². The van der Waals surface area contributed by atoms with Crippen molar-refractivity contribution in [3.8, 4) is 5.75 Å². The van der Waals surface area contributed by atoms with Gasteiger partial charge < -0.3 is 20.5 Å². The summed E-state index contributed by atoms with van der Waals surface area (Å²) in [5, 5.41) is 2.70. The minimum Gasteiger partial charge on any atom is -0.487 e. The molecule has 2 fully saturated rings. The Morgan fingerprint density at radius 3 is 2.56 bits per heavy atom. The number of carbonyl (C=O) groups is 1. The van der Waals surface area contributed by atoms with E-state index >= 15 is 0 Å². The molecule has 5 nitrogen and oxygen atoms in total. The Kier molecular flexibility index (Phi) is 7.47. The maximum atomic E-state index is 14.2. The van der Waals surface area contributed by atoms with Gasteiger partial charge in [0.2, 0.25) is 5.91 Å². The molecule has 0 aromatic heterocycles. The van der Waals surface area contributed by atoms with Crippen LogP contribution in [0.3, 0.4) is 0 Å². The quantitative estimate of drug-likeness (QED) is 0.832. The molecule has 1 saturated heterocycles. The summed E-state index contributed by atoms with van der Waals surface area (Å²) in [5.41, 5.74) is 6.43. The molecule has 0 bridgehead atoms. The van der Waals surface area contributed by atoms with Crippen molar-refractivity contribution in [3.63, 3.8) is 0 Å². The molecule has 1 aromatic carbocycles. The smallest absolute Gasteiger partial charge is 0.241 e. The zero-order valence-corrected chi connectivity index (χ0v) is 15.0. The summed E-state index contributed by atoms with van der Waals surface area (Å²) < 4.78 is 25.1. The van der Waals surface area contributed by atoms with Gasteiger partial charge in [-0.25, -0.2) is 4.39 Å². The first-order chi connectivity index (χ1) is 11.6. The lowest BCUT2D eigenvalue weighted by molar-refractivity contribution is -0.119. The fourth-order valence-electron chi connectivity index (χ4n) is 3.37. The van der Waals surface area contributed by atoms with Gasteiger partial charge >= 0.3 is 0 Å². The van der Waals surface area contributed by atoms with E-state index in [-0.39, 0.29) is 36.1 Å². The van der Waals surface area contributed by atoms with Crippen LogP contribution in [-0.4, -0.2) is 31.3 Å². The number of carbonyl (C=O) groups excluding carboxylic acids is 1. The fourth-order valence-corrected chi connectivity index (χ4v) is 3.37. The summed E-state index contributed by atoms with van der Waals surface area (Å²) in [6.07, 6.45) is 5.85. The van der Waals surface area contributed by atoms with Gasteiger partial charge in [-0.2, -0.15) is 0 Å². The van der Waals surface area contributed by atoms with Crippen molar-refractivity contribution in [3.05, 3.63) is 24.0 Å². The number of ether oxygens (including phenoxy) is 2. The number of halogens is 2. The Bertz CT molecular complexity index is 575. The number of nitrogens with two attached hydrogens (primary N) is 1. The van der Waals surface area contributed by atoms with E-state index < -0.39 is 11.9 Å². The monoisotopic (exact) mass is 372 g/mol. The predicted molar refractivity (Wildman–Crippen MR) is 96.7 cm³/mol. The number of nitrogens with one attached hydrogen (secondary N) is 1. The third-order valence-electron chi connectivity index (χ3n) is 4.87. The first kappa shape index (κ1) is 19.9. The molecule has 1 atom stereocenters. The van der Waals surface area contributed by atoms with Crippen molar-refractivity contribution in [2.45, 2.75) is 50.7 Å². The molecule has 1 heterocycles. The maximum absolute atomic E-state index is 14.2. The third-order valence-corrected chi connectivity index (χ3v) is 4.87. The summed E-state index contributed by atoms with van der Waals surface area (Å²) in [6.45, 7) is 1.26. The highest BCUT2D eigenvalue weighted by Crippen LogP contribution is 2.28. The second-order valence-corrected chi connectivity index (χ2v) is 6.63. The standard InChI is InChI=1S/C18H25FN2O3.ClH/c19-15-11-13(5-6-16(15)24-14-3-1-2-4-14)21-18(22)17(20)12-7-9-23-10-8-12;/h5-6,11-12,14,17H,1-4,7-10,20H2,(H,21,22);1H. The zero-order valence-electron chi connectivity index (χ0n) is 14.2. The molecule has 1 unspecified atom stereocenters. The lowest BCUT2D eigenvalue weighted by atomic mass is 9.92. The Labute approximate surface area is 153 Å². The van der Waals surface area contributed by atoms with Gasteiger partial charge in [0, 0.05) is 25.0 Å². The van der Waals surface area contributed by atoms with Crippen LogP contribution in [-0.2, 0) is 9.53 Å². The minimum absolute atomic E-state index is 0. The van der Waals surface area contributed by atoms with Crippen molar-refractivity contribution in [1.29, 1.82) is 0 Å². The molecule has 1 aliphatic heterocycles. The van der Waals surface area contributed by atoms with Crippen LogP contribution < -0.4 is 15.8 Å². The van der Waals surface area contributed by atoms with E-state index in [1.54, 1.807) is 12.1 Å². The molecule has 1 saturated carbocycles. The van der Waals surface area contributed by atoms with Gasteiger partial charge in [-0.1, -0.05) is 0 Å². The molecule has 0 spiro atoms. The van der Waals surface area contributed by atoms with Crippen molar-refractivity contribution >= 4 is 24.0 Å². The molecule has 25 heavy (non-hydrogen) atoms. The Hall–Kier alpha value is -1.37. The molecule has 140 valence electrons. The number of rotatable bonds is 5. The van der Waals surface area contributed by atoms with E-state index in [2.05, 4.69) is 5.32 Å². The van der Waals surface area contributed by atoms with Crippen LogP contribution in [0.5, 0.6) is 5.75 Å². The fraction of sp³-hybridized carbons (Fsp3) is 0.611. The SMILES string of the molecule is Cl.NC(C(=O)Nc1ccc(OC2CCCC2)c(F)c1)C1CCOCC1. The first-order valence-corrected chi connectivity index (χ1v) is 8.74. The maximum Gasteiger partial charge on any atom is 0.241 e. The summed E-state index contributed by atoms with van der Waals surface area (Å²) in [6, 6.07) is 3.91. The minimum atomic E-state index is -0.605. The molecule has 0 radical (unpaired) electrons. The van der Waals surface area contributed by atoms with Gasteiger partial charge in [0.05, 0.1) is 12.1 Å².